The molecule has 2 rings (SSSR count). The van der Waals surface area contributed by atoms with Gasteiger partial charge in [-0.05, 0) is 36.1 Å². The van der Waals surface area contributed by atoms with E-state index in [2.05, 4.69) is 11.3 Å². The van der Waals surface area contributed by atoms with Gasteiger partial charge in [0.15, 0.2) is 0 Å². The van der Waals surface area contributed by atoms with Gasteiger partial charge < -0.3 is 9.47 Å². The van der Waals surface area contributed by atoms with Crippen molar-refractivity contribution in [3.05, 3.63) is 35.9 Å². The molecule has 0 bridgehead atoms. The minimum absolute atomic E-state index is 0.385. The van der Waals surface area contributed by atoms with Gasteiger partial charge in [0.2, 0.25) is 0 Å². The SMILES string of the molecule is C=C(C(=O)OC)c1ccc2c(c1)CCCO2. The second-order valence-electron chi connectivity index (χ2n) is 3.74. The van der Waals surface area contributed by atoms with Crippen molar-refractivity contribution in [1.29, 1.82) is 0 Å². The third-order valence-corrected chi connectivity index (χ3v) is 2.69. The van der Waals surface area contributed by atoms with E-state index in [1.54, 1.807) is 0 Å². The molecule has 16 heavy (non-hydrogen) atoms. The van der Waals surface area contributed by atoms with Crippen LogP contribution in [0.25, 0.3) is 5.57 Å². The van der Waals surface area contributed by atoms with Crippen LogP contribution in [0.1, 0.15) is 17.5 Å². The van der Waals surface area contributed by atoms with Crippen LogP contribution < -0.4 is 4.74 Å². The van der Waals surface area contributed by atoms with Crippen molar-refractivity contribution < 1.29 is 14.3 Å². The second kappa shape index (κ2) is 4.39. The van der Waals surface area contributed by atoms with Gasteiger partial charge >= 0.3 is 5.97 Å². The number of aryl methyl sites for hydroxylation is 1. The first-order valence-corrected chi connectivity index (χ1v) is 5.25. The average Bonchev–Trinajstić information content (AvgIpc) is 2.36. The highest BCUT2D eigenvalue weighted by Crippen LogP contribution is 2.27. The van der Waals surface area contributed by atoms with Crippen LogP contribution in [0, 0.1) is 0 Å². The zero-order chi connectivity index (χ0) is 11.5. The molecule has 0 saturated carbocycles. The molecule has 0 aromatic heterocycles. The fraction of sp³-hybridized carbons (Fsp3) is 0.308. The summed E-state index contributed by atoms with van der Waals surface area (Å²) in [4.78, 5) is 11.3. The van der Waals surface area contributed by atoms with Crippen molar-refractivity contribution in [3.8, 4) is 5.75 Å². The maximum Gasteiger partial charge on any atom is 0.337 e. The van der Waals surface area contributed by atoms with Crippen LogP contribution in [-0.4, -0.2) is 19.7 Å². The van der Waals surface area contributed by atoms with Crippen LogP contribution in [-0.2, 0) is 16.0 Å². The summed E-state index contributed by atoms with van der Waals surface area (Å²) in [5.41, 5.74) is 2.32. The van der Waals surface area contributed by atoms with E-state index in [1.165, 1.54) is 7.11 Å². The van der Waals surface area contributed by atoms with Crippen molar-refractivity contribution in [2.45, 2.75) is 12.8 Å². The molecule has 0 saturated heterocycles. The van der Waals surface area contributed by atoms with Crippen LogP contribution in [0.15, 0.2) is 24.8 Å². The normalized spacial score (nSPS) is 13.6. The Morgan fingerprint density at radius 2 is 2.31 bits per heavy atom. The lowest BCUT2D eigenvalue weighted by molar-refractivity contribution is -0.133. The molecule has 1 aromatic carbocycles. The van der Waals surface area contributed by atoms with E-state index < -0.39 is 5.97 Å². The van der Waals surface area contributed by atoms with Crippen molar-refractivity contribution in [1.82, 2.24) is 0 Å². The van der Waals surface area contributed by atoms with E-state index in [-0.39, 0.29) is 0 Å². The molecule has 0 atom stereocenters. The van der Waals surface area contributed by atoms with E-state index >= 15 is 0 Å². The summed E-state index contributed by atoms with van der Waals surface area (Å²) in [6.45, 7) is 4.50. The van der Waals surface area contributed by atoms with Gasteiger partial charge in [-0.3, -0.25) is 0 Å². The summed E-state index contributed by atoms with van der Waals surface area (Å²) in [5.74, 6) is 0.518. The van der Waals surface area contributed by atoms with Gasteiger partial charge in [-0.1, -0.05) is 12.6 Å². The van der Waals surface area contributed by atoms with Crippen molar-refractivity contribution in [3.63, 3.8) is 0 Å². The zero-order valence-corrected chi connectivity index (χ0v) is 9.29. The van der Waals surface area contributed by atoms with Gasteiger partial charge in [0, 0.05) is 0 Å². The molecule has 0 unspecified atom stereocenters. The molecular formula is C13H14O3. The van der Waals surface area contributed by atoms with Gasteiger partial charge in [0.05, 0.1) is 19.3 Å². The summed E-state index contributed by atoms with van der Waals surface area (Å²) in [6, 6.07) is 5.68. The molecule has 3 nitrogen and oxygen atoms in total. The Hall–Kier alpha value is -1.77. The summed E-state index contributed by atoms with van der Waals surface area (Å²) in [6.07, 6.45) is 2.00. The number of ether oxygens (including phenoxy) is 2. The minimum atomic E-state index is -0.392. The lowest BCUT2D eigenvalue weighted by Gasteiger charge is -2.18. The van der Waals surface area contributed by atoms with Gasteiger partial charge in [-0.15, -0.1) is 0 Å². The molecule has 1 aromatic rings. The van der Waals surface area contributed by atoms with Gasteiger partial charge in [-0.2, -0.15) is 0 Å². The Morgan fingerprint density at radius 1 is 1.50 bits per heavy atom. The lowest BCUT2D eigenvalue weighted by atomic mass is 10.00. The van der Waals surface area contributed by atoms with Crippen molar-refractivity contribution in [2.24, 2.45) is 0 Å². The smallest absolute Gasteiger partial charge is 0.337 e. The van der Waals surface area contributed by atoms with Crippen LogP contribution in [0.3, 0.4) is 0 Å². The highest BCUT2D eigenvalue weighted by molar-refractivity contribution is 6.15. The molecular weight excluding hydrogens is 204 g/mol. The number of carbonyl (C=O) groups is 1. The first-order chi connectivity index (χ1) is 7.72. The van der Waals surface area contributed by atoms with Crippen LogP contribution >= 0.6 is 0 Å². The highest BCUT2D eigenvalue weighted by Gasteiger charge is 2.14. The van der Waals surface area contributed by atoms with Crippen LogP contribution in [0.5, 0.6) is 5.75 Å². The molecule has 1 aliphatic heterocycles. The third kappa shape index (κ3) is 1.94. The molecule has 0 amide bonds. The van der Waals surface area contributed by atoms with Crippen LogP contribution in [0.4, 0.5) is 0 Å². The average molecular weight is 218 g/mol. The molecule has 0 N–H and O–H groups in total. The topological polar surface area (TPSA) is 35.5 Å². The largest absolute Gasteiger partial charge is 0.493 e. The van der Waals surface area contributed by atoms with E-state index in [9.17, 15) is 4.79 Å². The summed E-state index contributed by atoms with van der Waals surface area (Å²) in [7, 11) is 1.36. The molecule has 0 radical (unpaired) electrons. The fourth-order valence-corrected chi connectivity index (χ4v) is 1.79. The molecule has 1 heterocycles. The number of hydrogen-bond acceptors (Lipinski definition) is 3. The number of methoxy groups -OCH3 is 1. The zero-order valence-electron chi connectivity index (χ0n) is 9.29. The van der Waals surface area contributed by atoms with Gasteiger partial charge in [-0.25, -0.2) is 4.79 Å². The minimum Gasteiger partial charge on any atom is -0.493 e. The van der Waals surface area contributed by atoms with Gasteiger partial charge in [0.1, 0.15) is 5.75 Å². The standard InChI is InChI=1S/C13H14O3/c1-9(13(14)15-2)10-5-6-12-11(8-10)4-3-7-16-12/h5-6,8H,1,3-4,7H2,2H3. The highest BCUT2D eigenvalue weighted by atomic mass is 16.5. The second-order valence-corrected chi connectivity index (χ2v) is 3.74. The molecule has 84 valence electrons. The molecule has 3 heteroatoms. The predicted molar refractivity (Wildman–Crippen MR) is 61.3 cm³/mol. The van der Waals surface area contributed by atoms with Crippen molar-refractivity contribution in [2.75, 3.05) is 13.7 Å². The summed E-state index contributed by atoms with van der Waals surface area (Å²) >= 11 is 0. The number of benzene rings is 1. The lowest BCUT2D eigenvalue weighted by Crippen LogP contribution is -2.09. The molecule has 0 spiro atoms. The predicted octanol–water partition coefficient (Wildman–Crippen LogP) is 2.20. The number of esters is 1. The Balaban J connectivity index is 2.30. The first kappa shape index (κ1) is 10.7. The molecule has 0 aliphatic carbocycles. The van der Waals surface area contributed by atoms with E-state index in [1.807, 2.05) is 18.2 Å². The van der Waals surface area contributed by atoms with E-state index in [0.29, 0.717) is 5.57 Å². The van der Waals surface area contributed by atoms with E-state index in [0.717, 1.165) is 36.3 Å². The van der Waals surface area contributed by atoms with E-state index in [4.69, 9.17) is 4.74 Å². The maximum atomic E-state index is 11.3. The summed E-state index contributed by atoms with van der Waals surface area (Å²) in [5, 5.41) is 0. The third-order valence-electron chi connectivity index (χ3n) is 2.69. The maximum absolute atomic E-state index is 11.3. The van der Waals surface area contributed by atoms with Crippen molar-refractivity contribution >= 4 is 11.5 Å². The Morgan fingerprint density at radius 3 is 3.06 bits per heavy atom. The number of fused-ring (bicyclic) bond motifs is 1. The number of carbonyl (C=O) groups excluding carboxylic acids is 1. The fourth-order valence-electron chi connectivity index (χ4n) is 1.79. The first-order valence-electron chi connectivity index (χ1n) is 5.25. The molecule has 0 fully saturated rings. The molecule has 1 aliphatic rings. The van der Waals surface area contributed by atoms with Gasteiger partial charge in [0.25, 0.3) is 0 Å². The van der Waals surface area contributed by atoms with Crippen LogP contribution in [0.2, 0.25) is 0 Å². The number of hydrogen-bond donors (Lipinski definition) is 0. The quantitative estimate of drug-likeness (QED) is 0.564. The Kier molecular flexibility index (Phi) is 2.95. The Bertz CT molecular complexity index is 435. The monoisotopic (exact) mass is 218 g/mol. The Labute approximate surface area is 94.7 Å². The number of rotatable bonds is 2. The summed E-state index contributed by atoms with van der Waals surface area (Å²) < 4.78 is 10.1.